The van der Waals surface area contributed by atoms with Crippen LogP contribution in [0.4, 0.5) is 10.5 Å². The van der Waals surface area contributed by atoms with E-state index in [1.54, 1.807) is 0 Å². The number of aliphatic carboxylic acids is 1. The van der Waals surface area contributed by atoms with Crippen LogP contribution in [-0.2, 0) is 10.2 Å². The number of nitrogens with one attached hydrogen (secondary N) is 1. The van der Waals surface area contributed by atoms with Gasteiger partial charge in [0.25, 0.3) is 5.24 Å². The summed E-state index contributed by atoms with van der Waals surface area (Å²) in [4.78, 5) is 22.2. The summed E-state index contributed by atoms with van der Waals surface area (Å²) in [6.45, 7) is 6.37. The molecular weight excluding hydrogens is 312 g/mol. The standard InChI is InChI=1S/C14H20N2O3S.ClH/c1-14(2,3)9-4-6-10(7-5-9)16-13(19)20-8-11(15)12(17)18;/h4-7,11H,8,15H2,1-3H3,(H,16,19)(H,17,18);1H. The fourth-order valence-corrected chi connectivity index (χ4v) is 2.14. The number of carbonyl (C=O) groups is 2. The summed E-state index contributed by atoms with van der Waals surface area (Å²) in [5.41, 5.74) is 5.41. The zero-order valence-corrected chi connectivity index (χ0v) is 13.9. The van der Waals surface area contributed by atoms with Crippen molar-refractivity contribution in [2.75, 3.05) is 11.1 Å². The van der Waals surface area contributed by atoms with E-state index in [0.29, 0.717) is 5.69 Å². The third-order valence-electron chi connectivity index (χ3n) is 2.76. The topological polar surface area (TPSA) is 94.0 Å². The van der Waals surface area contributed by atoms with Crippen LogP contribution < -0.4 is 23.5 Å². The number of hydrogen-bond acceptors (Lipinski definition) is 3. The number of rotatable bonds is 4. The minimum Gasteiger partial charge on any atom is -1.00 e. The quantitative estimate of drug-likeness (QED) is 0.655. The Morgan fingerprint density at radius 3 is 2.24 bits per heavy atom. The number of quaternary nitrogens is 1. The van der Waals surface area contributed by atoms with E-state index in [-0.39, 0.29) is 28.8 Å². The summed E-state index contributed by atoms with van der Waals surface area (Å²) < 4.78 is 0. The van der Waals surface area contributed by atoms with Crippen LogP contribution in [0, 0.1) is 0 Å². The molecule has 7 heteroatoms. The van der Waals surface area contributed by atoms with Gasteiger partial charge < -0.3 is 28.6 Å². The Labute approximate surface area is 135 Å². The lowest BCUT2D eigenvalue weighted by molar-refractivity contribution is -0.400. The molecule has 1 aromatic carbocycles. The maximum absolute atomic E-state index is 11.7. The monoisotopic (exact) mass is 332 g/mol. The fraction of sp³-hybridized carbons (Fsp3) is 0.429. The summed E-state index contributed by atoms with van der Waals surface area (Å²) in [6, 6.07) is 6.85. The third kappa shape index (κ3) is 6.84. The van der Waals surface area contributed by atoms with Crippen LogP contribution in [0.3, 0.4) is 0 Å². The van der Waals surface area contributed by atoms with Gasteiger partial charge in [0.15, 0.2) is 6.04 Å². The summed E-state index contributed by atoms with van der Waals surface area (Å²) in [6.07, 6.45) is 0. The van der Waals surface area contributed by atoms with Gasteiger partial charge in [0.1, 0.15) is 0 Å². The number of carbonyl (C=O) groups excluding carboxylic acids is 1. The Hall–Kier alpha value is -1.24. The van der Waals surface area contributed by atoms with Crippen molar-refractivity contribution in [3.8, 4) is 0 Å². The largest absolute Gasteiger partial charge is 1.00 e. The van der Waals surface area contributed by atoms with Crippen LogP contribution >= 0.6 is 11.8 Å². The van der Waals surface area contributed by atoms with E-state index < -0.39 is 12.0 Å². The molecule has 0 aliphatic carbocycles. The number of thioether (sulfide) groups is 1. The van der Waals surface area contributed by atoms with E-state index in [4.69, 9.17) is 5.11 Å². The van der Waals surface area contributed by atoms with Crippen molar-refractivity contribution in [3.63, 3.8) is 0 Å². The first-order valence-electron chi connectivity index (χ1n) is 6.30. The Kier molecular flexibility index (Phi) is 7.78. The average Bonchev–Trinajstić information content (AvgIpc) is 2.35. The maximum Gasteiger partial charge on any atom is 0.363 e. The molecule has 21 heavy (non-hydrogen) atoms. The zero-order chi connectivity index (χ0) is 15.3. The van der Waals surface area contributed by atoms with Gasteiger partial charge in [-0.05, 0) is 23.1 Å². The molecule has 0 aromatic heterocycles. The van der Waals surface area contributed by atoms with Gasteiger partial charge in [-0.15, -0.1) is 0 Å². The minimum absolute atomic E-state index is 0. The van der Waals surface area contributed by atoms with Crippen LogP contribution in [0.1, 0.15) is 26.3 Å². The van der Waals surface area contributed by atoms with Gasteiger partial charge in [-0.3, -0.25) is 4.79 Å². The highest BCUT2D eigenvalue weighted by atomic mass is 35.5. The van der Waals surface area contributed by atoms with Gasteiger partial charge in [-0.1, -0.05) is 44.7 Å². The molecule has 0 heterocycles. The Morgan fingerprint density at radius 1 is 1.29 bits per heavy atom. The van der Waals surface area contributed by atoms with Crippen molar-refractivity contribution < 1.29 is 32.8 Å². The zero-order valence-electron chi connectivity index (χ0n) is 12.4. The lowest BCUT2D eigenvalue weighted by Gasteiger charge is -2.19. The van der Waals surface area contributed by atoms with Crippen molar-refractivity contribution in [1.29, 1.82) is 0 Å². The number of benzene rings is 1. The second-order valence-corrected chi connectivity index (χ2v) is 6.58. The van der Waals surface area contributed by atoms with E-state index in [1.165, 1.54) is 5.56 Å². The smallest absolute Gasteiger partial charge is 0.363 e. The van der Waals surface area contributed by atoms with Gasteiger partial charge in [0.05, 0.1) is 5.75 Å². The average molecular weight is 333 g/mol. The number of hydrogen-bond donors (Lipinski definition) is 3. The molecule has 0 radical (unpaired) electrons. The van der Waals surface area contributed by atoms with Crippen molar-refractivity contribution >= 4 is 28.7 Å². The number of anilines is 1. The molecule has 1 unspecified atom stereocenters. The molecule has 0 saturated heterocycles. The first-order chi connectivity index (χ1) is 9.20. The van der Waals surface area contributed by atoms with Gasteiger partial charge in [-0.25, -0.2) is 4.79 Å². The normalized spacial score (nSPS) is 12.2. The molecule has 5 N–H and O–H groups in total. The summed E-state index contributed by atoms with van der Waals surface area (Å²) >= 11 is 0.924. The molecule has 0 fully saturated rings. The lowest BCUT2D eigenvalue weighted by Crippen LogP contribution is -3.00. The van der Waals surface area contributed by atoms with E-state index in [9.17, 15) is 9.59 Å². The third-order valence-corrected chi connectivity index (χ3v) is 3.70. The highest BCUT2D eigenvalue weighted by Gasteiger charge is 2.18. The predicted molar refractivity (Wildman–Crippen MR) is 80.9 cm³/mol. The molecule has 0 aliphatic heterocycles. The molecule has 1 rings (SSSR count). The first kappa shape index (κ1) is 19.8. The second kappa shape index (κ2) is 8.26. The van der Waals surface area contributed by atoms with E-state index in [1.807, 2.05) is 24.3 Å². The highest BCUT2D eigenvalue weighted by Crippen LogP contribution is 2.23. The lowest BCUT2D eigenvalue weighted by atomic mass is 9.87. The van der Waals surface area contributed by atoms with Gasteiger partial charge in [0.2, 0.25) is 0 Å². The molecule has 0 bridgehead atoms. The SMILES string of the molecule is CC(C)(C)c1ccc(NC(=O)SCC([NH3+])C(=O)O)cc1.[Cl-]. The Bertz CT molecular complexity index is 486. The summed E-state index contributed by atoms with van der Waals surface area (Å²) in [7, 11) is 0. The number of halogens is 1. The van der Waals surface area contributed by atoms with Crippen molar-refractivity contribution in [2.24, 2.45) is 0 Å². The first-order valence-corrected chi connectivity index (χ1v) is 7.29. The van der Waals surface area contributed by atoms with Gasteiger partial charge in [0, 0.05) is 5.69 Å². The molecular formula is C14H21ClN2O3S. The number of amides is 1. The number of carboxylic acid groups (broad SMARTS) is 1. The van der Waals surface area contributed by atoms with Gasteiger partial charge >= 0.3 is 5.97 Å². The molecule has 1 atom stereocenters. The van der Waals surface area contributed by atoms with E-state index in [0.717, 1.165) is 11.8 Å². The van der Waals surface area contributed by atoms with Crippen LogP contribution in [0.25, 0.3) is 0 Å². The molecule has 0 saturated carbocycles. The molecule has 5 nitrogen and oxygen atoms in total. The molecule has 0 aliphatic rings. The molecule has 1 amide bonds. The van der Waals surface area contributed by atoms with Crippen LogP contribution in [-0.4, -0.2) is 28.1 Å². The Morgan fingerprint density at radius 2 is 1.81 bits per heavy atom. The fourth-order valence-electron chi connectivity index (χ4n) is 1.46. The van der Waals surface area contributed by atoms with Crippen molar-refractivity contribution in [1.82, 2.24) is 0 Å². The Balaban J connectivity index is 0.00000400. The second-order valence-electron chi connectivity index (χ2n) is 5.59. The van der Waals surface area contributed by atoms with E-state index in [2.05, 4.69) is 31.8 Å². The molecule has 1 aromatic rings. The van der Waals surface area contributed by atoms with Crippen LogP contribution in [0.15, 0.2) is 24.3 Å². The van der Waals surface area contributed by atoms with Crippen LogP contribution in [0.2, 0.25) is 0 Å². The highest BCUT2D eigenvalue weighted by molar-refractivity contribution is 8.13. The maximum atomic E-state index is 11.7. The van der Waals surface area contributed by atoms with Crippen molar-refractivity contribution in [2.45, 2.75) is 32.2 Å². The number of carboxylic acids is 1. The summed E-state index contributed by atoms with van der Waals surface area (Å²) in [5, 5.41) is 11.1. The van der Waals surface area contributed by atoms with Crippen LogP contribution in [0.5, 0.6) is 0 Å². The van der Waals surface area contributed by atoms with E-state index >= 15 is 0 Å². The summed E-state index contributed by atoms with van der Waals surface area (Å²) in [5.74, 6) is -0.846. The van der Waals surface area contributed by atoms with Gasteiger partial charge in [-0.2, -0.15) is 0 Å². The molecule has 118 valence electrons. The van der Waals surface area contributed by atoms with Crippen molar-refractivity contribution in [3.05, 3.63) is 29.8 Å². The minimum atomic E-state index is -1.00. The molecule has 0 spiro atoms. The predicted octanol–water partition coefficient (Wildman–Crippen LogP) is -1.05.